The quantitative estimate of drug-likeness (QED) is 0.0864. The molecule has 4 aromatic rings. The zero-order valence-corrected chi connectivity index (χ0v) is 28.5. The Bertz CT molecular complexity index is 1830. The van der Waals surface area contributed by atoms with Crippen molar-refractivity contribution in [2.24, 2.45) is 11.8 Å². The van der Waals surface area contributed by atoms with Gasteiger partial charge in [-0.3, -0.25) is 19.2 Å². The second kappa shape index (κ2) is 15.2. The van der Waals surface area contributed by atoms with Gasteiger partial charge in [-0.05, 0) is 38.8 Å². The summed E-state index contributed by atoms with van der Waals surface area (Å²) in [5.41, 5.74) is 0. The van der Waals surface area contributed by atoms with Crippen molar-refractivity contribution in [1.29, 1.82) is 0 Å². The van der Waals surface area contributed by atoms with E-state index in [0.29, 0.717) is 27.1 Å². The van der Waals surface area contributed by atoms with Gasteiger partial charge >= 0.3 is 5.97 Å². The first kappa shape index (κ1) is 35.7. The molecule has 0 fully saturated rings. The molecule has 0 amide bonds. The fraction of sp³-hybridized carbons (Fsp3) is 0.412. The first-order chi connectivity index (χ1) is 22.2. The van der Waals surface area contributed by atoms with E-state index in [1.165, 1.54) is 40.2 Å². The van der Waals surface area contributed by atoms with E-state index < -0.39 is 41.3 Å². The normalized spacial score (nSPS) is 13.3. The Labute approximate surface area is 278 Å². The van der Waals surface area contributed by atoms with Crippen LogP contribution in [-0.2, 0) is 9.59 Å². The monoisotopic (exact) mass is 690 g/mol. The van der Waals surface area contributed by atoms with Crippen molar-refractivity contribution in [2.75, 3.05) is 20.8 Å². The largest absolute Gasteiger partial charge is 0.493 e. The van der Waals surface area contributed by atoms with Crippen molar-refractivity contribution in [1.82, 2.24) is 0 Å². The van der Waals surface area contributed by atoms with E-state index >= 15 is 8.78 Å². The molecule has 0 aliphatic carbocycles. The fourth-order valence-corrected chi connectivity index (χ4v) is 6.88. The first-order valence-corrected chi connectivity index (χ1v) is 16.6. The Hall–Kier alpha value is -4.10. The summed E-state index contributed by atoms with van der Waals surface area (Å²) < 4.78 is 54.6. The third-order valence-electron chi connectivity index (χ3n) is 7.77. The van der Waals surface area contributed by atoms with E-state index in [0.717, 1.165) is 22.7 Å². The summed E-state index contributed by atoms with van der Waals surface area (Å²) in [7, 11) is 2.76. The zero-order chi connectivity index (χ0) is 34.6. The highest BCUT2D eigenvalue weighted by Gasteiger charge is 2.25. The van der Waals surface area contributed by atoms with Gasteiger partial charge in [-0.1, -0.05) is 13.8 Å². The van der Waals surface area contributed by atoms with Gasteiger partial charge in [-0.15, -0.1) is 22.7 Å². The number of hydrogen-bond acceptors (Lipinski definition) is 10. The summed E-state index contributed by atoms with van der Waals surface area (Å²) in [6.07, 6.45) is 0.133. The van der Waals surface area contributed by atoms with Crippen molar-refractivity contribution in [3.05, 3.63) is 45.7 Å². The molecule has 0 aliphatic rings. The van der Waals surface area contributed by atoms with Gasteiger partial charge in [0.1, 0.15) is 5.78 Å². The molecule has 2 aromatic carbocycles. The number of carboxylic acid groups (broad SMARTS) is 1. The highest BCUT2D eigenvalue weighted by atomic mass is 32.1. The highest BCUT2D eigenvalue weighted by molar-refractivity contribution is 7.21. The van der Waals surface area contributed by atoms with E-state index in [1.54, 1.807) is 26.0 Å². The van der Waals surface area contributed by atoms with Gasteiger partial charge in [0.2, 0.25) is 0 Å². The summed E-state index contributed by atoms with van der Waals surface area (Å²) >= 11 is 2.18. The second-order valence-electron chi connectivity index (χ2n) is 11.4. The van der Waals surface area contributed by atoms with Crippen molar-refractivity contribution in [3.63, 3.8) is 0 Å². The summed E-state index contributed by atoms with van der Waals surface area (Å²) in [6.45, 7) is 6.37. The maximum atomic E-state index is 15.6. The minimum absolute atomic E-state index is 0.0378. The molecule has 3 atom stereocenters. The molecule has 0 bridgehead atoms. The number of carboxylic acids is 1. The molecular weight excluding hydrogens is 654 g/mol. The highest BCUT2D eigenvalue weighted by Crippen LogP contribution is 2.42. The van der Waals surface area contributed by atoms with Crippen LogP contribution in [0.3, 0.4) is 0 Å². The molecule has 9 nitrogen and oxygen atoms in total. The maximum Gasteiger partial charge on any atom is 0.306 e. The van der Waals surface area contributed by atoms with Crippen LogP contribution in [0.15, 0.2) is 24.3 Å². The summed E-state index contributed by atoms with van der Waals surface area (Å²) in [4.78, 5) is 48.6. The van der Waals surface area contributed by atoms with Gasteiger partial charge in [-0.25, -0.2) is 8.78 Å². The number of hydrogen-bond donors (Lipinski definition) is 1. The number of aliphatic carboxylic acids is 1. The van der Waals surface area contributed by atoms with Crippen LogP contribution in [0.1, 0.15) is 72.7 Å². The molecule has 4 rings (SSSR count). The predicted octanol–water partition coefficient (Wildman–Crippen LogP) is 8.13. The van der Waals surface area contributed by atoms with Gasteiger partial charge in [0.05, 0.1) is 42.6 Å². The lowest BCUT2D eigenvalue weighted by Crippen LogP contribution is -2.15. The van der Waals surface area contributed by atoms with Crippen molar-refractivity contribution in [2.45, 2.75) is 59.5 Å². The smallest absolute Gasteiger partial charge is 0.306 e. The van der Waals surface area contributed by atoms with Crippen molar-refractivity contribution >= 4 is 66.2 Å². The first-order valence-electron chi connectivity index (χ1n) is 14.9. The lowest BCUT2D eigenvalue weighted by molar-refractivity contribution is -0.141. The zero-order valence-electron chi connectivity index (χ0n) is 26.9. The van der Waals surface area contributed by atoms with Crippen LogP contribution in [0, 0.1) is 23.5 Å². The van der Waals surface area contributed by atoms with E-state index in [4.69, 9.17) is 24.1 Å². The number of ketones is 3. The lowest BCUT2D eigenvalue weighted by Gasteiger charge is -2.18. The summed E-state index contributed by atoms with van der Waals surface area (Å²) in [6, 6.07) is 6.05. The van der Waals surface area contributed by atoms with E-state index in [9.17, 15) is 19.2 Å². The molecule has 0 saturated carbocycles. The van der Waals surface area contributed by atoms with Crippen LogP contribution < -0.4 is 18.9 Å². The number of carbonyl (C=O) groups excluding carboxylic acids is 3. The maximum absolute atomic E-state index is 15.6. The minimum Gasteiger partial charge on any atom is -0.493 e. The number of methoxy groups -OCH3 is 2. The average molecular weight is 691 g/mol. The van der Waals surface area contributed by atoms with Crippen LogP contribution in [0.4, 0.5) is 8.78 Å². The molecule has 2 aromatic heterocycles. The van der Waals surface area contributed by atoms with Crippen molar-refractivity contribution < 1.29 is 52.0 Å². The Morgan fingerprint density at radius 2 is 1.28 bits per heavy atom. The number of halogens is 2. The molecule has 47 heavy (non-hydrogen) atoms. The number of ether oxygens (including phenoxy) is 4. The van der Waals surface area contributed by atoms with Gasteiger partial charge < -0.3 is 24.1 Å². The van der Waals surface area contributed by atoms with E-state index in [1.807, 2.05) is 0 Å². The SMILES string of the molecule is COc1cc2sc(C(=O)C[C@H](C)C(C)=O)cc2c(F)c1OCCCC(C)Oc1c(OC)cc2sc(C(=O)C[C@H](C)C(=O)O)cc2c1F. The molecule has 0 radical (unpaired) electrons. The third kappa shape index (κ3) is 8.07. The number of carbonyl (C=O) groups is 4. The predicted molar refractivity (Wildman–Crippen MR) is 176 cm³/mol. The molecule has 1 N–H and O–H groups in total. The van der Waals surface area contributed by atoms with Crippen LogP contribution in [0.5, 0.6) is 23.0 Å². The van der Waals surface area contributed by atoms with Crippen molar-refractivity contribution in [3.8, 4) is 23.0 Å². The minimum atomic E-state index is -1.09. The topological polar surface area (TPSA) is 125 Å². The Morgan fingerprint density at radius 1 is 0.787 bits per heavy atom. The molecule has 0 saturated heterocycles. The van der Waals surface area contributed by atoms with Gasteiger partial charge in [-0.2, -0.15) is 0 Å². The standard InChI is InChI=1S/C34H36F2O9S2/c1-16(19(4)37)10-22(38)28-12-20-26(46-28)14-24(42-5)32(30(20)35)44-9-7-8-18(3)45-33-25(43-6)15-27-21(31(33)36)13-29(47-27)23(39)11-17(2)34(40)41/h12-18H,7-11H2,1-6H3,(H,40,41)/t16-,17-,18?/m0/s1. The fourth-order valence-electron chi connectivity index (χ4n) is 4.81. The molecule has 13 heteroatoms. The molecule has 252 valence electrons. The number of thiophene rings is 2. The number of fused-ring (bicyclic) bond motifs is 2. The van der Waals surface area contributed by atoms with Crippen LogP contribution in [0.25, 0.3) is 20.2 Å². The lowest BCUT2D eigenvalue weighted by atomic mass is 10.00. The van der Waals surface area contributed by atoms with E-state index in [2.05, 4.69) is 0 Å². The van der Waals surface area contributed by atoms with Crippen LogP contribution in [-0.4, -0.2) is 55.4 Å². The van der Waals surface area contributed by atoms with Gasteiger partial charge in [0.25, 0.3) is 0 Å². The average Bonchev–Trinajstić information content (AvgIpc) is 3.66. The number of benzene rings is 2. The molecule has 2 heterocycles. The molecule has 0 spiro atoms. The number of rotatable bonds is 17. The molecular formula is C34H36F2O9S2. The number of Topliss-reactive ketones (excluding diaryl/α,β-unsaturated/α-hetero) is 3. The van der Waals surface area contributed by atoms with Gasteiger partial charge in [0, 0.05) is 51.1 Å². The summed E-state index contributed by atoms with van der Waals surface area (Å²) in [5.74, 6) is -4.39. The molecule has 1 unspecified atom stereocenters. The Balaban J connectivity index is 1.42. The van der Waals surface area contributed by atoms with Gasteiger partial charge in [0.15, 0.2) is 46.2 Å². The van der Waals surface area contributed by atoms with E-state index in [-0.39, 0.29) is 69.7 Å². The van der Waals surface area contributed by atoms with Crippen LogP contribution in [0.2, 0.25) is 0 Å². The third-order valence-corrected chi connectivity index (χ3v) is 10.0. The Morgan fingerprint density at radius 3 is 1.77 bits per heavy atom. The Kier molecular flexibility index (Phi) is 11.6. The molecule has 0 aliphatic heterocycles. The van der Waals surface area contributed by atoms with Crippen LogP contribution >= 0.6 is 22.7 Å². The summed E-state index contributed by atoms with van der Waals surface area (Å²) in [5, 5.41) is 9.50. The second-order valence-corrected chi connectivity index (χ2v) is 13.6.